The molecule has 1 aromatic heterocycles. The molecule has 0 spiro atoms. The van der Waals surface area contributed by atoms with E-state index in [1.165, 1.54) is 6.08 Å². The predicted octanol–water partition coefficient (Wildman–Crippen LogP) is 3.18. The third-order valence-corrected chi connectivity index (χ3v) is 3.11. The molecule has 0 aliphatic carbocycles. The summed E-state index contributed by atoms with van der Waals surface area (Å²) in [5.74, 6) is 0. The Kier molecular flexibility index (Phi) is 2.72. The highest BCUT2D eigenvalue weighted by Gasteiger charge is 2.05. The largest absolute Gasteiger partial charge is 0.398 e. The second kappa shape index (κ2) is 4.53. The van der Waals surface area contributed by atoms with Crippen LogP contribution in [0.3, 0.4) is 0 Å². The number of hydrogen-bond donors (Lipinski definition) is 1. The van der Waals surface area contributed by atoms with E-state index in [2.05, 4.69) is 4.98 Å². The minimum absolute atomic E-state index is 0.724. The molecule has 3 heteroatoms. The van der Waals surface area contributed by atoms with Crippen LogP contribution in [0.15, 0.2) is 48.5 Å². The molecule has 2 aromatic carbocycles. The zero-order valence-electron chi connectivity index (χ0n) is 10.2. The SMILES string of the molecule is Nc1c2ccccc2nc2ccc(/C=C/C=O)cc12. The first-order valence-electron chi connectivity index (χ1n) is 5.99. The first-order chi connectivity index (χ1) is 9.29. The van der Waals surface area contributed by atoms with E-state index in [4.69, 9.17) is 5.73 Å². The maximum atomic E-state index is 10.4. The van der Waals surface area contributed by atoms with Crippen LogP contribution in [0.2, 0.25) is 0 Å². The number of aldehydes is 1. The predicted molar refractivity (Wildman–Crippen MR) is 78.8 cm³/mol. The maximum Gasteiger partial charge on any atom is 0.142 e. The van der Waals surface area contributed by atoms with Crippen molar-refractivity contribution in [2.45, 2.75) is 0 Å². The van der Waals surface area contributed by atoms with Crippen molar-refractivity contribution in [2.24, 2.45) is 0 Å². The third kappa shape index (κ3) is 1.95. The van der Waals surface area contributed by atoms with Crippen LogP contribution >= 0.6 is 0 Å². The van der Waals surface area contributed by atoms with Crippen molar-refractivity contribution in [3.63, 3.8) is 0 Å². The Balaban J connectivity index is 2.33. The third-order valence-electron chi connectivity index (χ3n) is 3.11. The molecule has 2 N–H and O–H groups in total. The van der Waals surface area contributed by atoms with E-state index in [1.54, 1.807) is 6.08 Å². The summed E-state index contributed by atoms with van der Waals surface area (Å²) in [7, 11) is 0. The lowest BCUT2D eigenvalue weighted by Crippen LogP contribution is -1.92. The zero-order valence-corrected chi connectivity index (χ0v) is 10.2. The molecule has 0 saturated carbocycles. The summed E-state index contributed by atoms with van der Waals surface area (Å²) in [5.41, 5.74) is 9.63. The van der Waals surface area contributed by atoms with Crippen molar-refractivity contribution in [2.75, 3.05) is 5.73 Å². The molecular formula is C16H12N2O. The van der Waals surface area contributed by atoms with E-state index in [0.717, 1.165) is 39.3 Å². The van der Waals surface area contributed by atoms with E-state index < -0.39 is 0 Å². The molecule has 19 heavy (non-hydrogen) atoms. The molecule has 3 nitrogen and oxygen atoms in total. The van der Waals surface area contributed by atoms with Crippen LogP contribution in [-0.2, 0) is 4.79 Å². The van der Waals surface area contributed by atoms with Crippen molar-refractivity contribution < 1.29 is 4.79 Å². The number of benzene rings is 2. The molecule has 3 aromatic rings. The Hall–Kier alpha value is -2.68. The average molecular weight is 248 g/mol. The average Bonchev–Trinajstić information content (AvgIpc) is 2.46. The molecule has 0 aliphatic heterocycles. The lowest BCUT2D eigenvalue weighted by atomic mass is 10.1. The van der Waals surface area contributed by atoms with Crippen LogP contribution in [0.5, 0.6) is 0 Å². The van der Waals surface area contributed by atoms with Crippen LogP contribution in [0.25, 0.3) is 27.9 Å². The highest BCUT2D eigenvalue weighted by Crippen LogP contribution is 2.28. The van der Waals surface area contributed by atoms with E-state index >= 15 is 0 Å². The number of aromatic nitrogens is 1. The van der Waals surface area contributed by atoms with Gasteiger partial charge in [0.05, 0.1) is 16.7 Å². The van der Waals surface area contributed by atoms with Crippen molar-refractivity contribution in [3.05, 3.63) is 54.1 Å². The van der Waals surface area contributed by atoms with Gasteiger partial charge in [-0.3, -0.25) is 4.79 Å². The van der Waals surface area contributed by atoms with Crippen molar-refractivity contribution >= 4 is 39.9 Å². The summed E-state index contributed by atoms with van der Waals surface area (Å²) in [6, 6.07) is 13.6. The van der Waals surface area contributed by atoms with E-state index in [1.807, 2.05) is 42.5 Å². The number of para-hydroxylation sites is 1. The highest BCUT2D eigenvalue weighted by atomic mass is 16.1. The maximum absolute atomic E-state index is 10.4. The van der Waals surface area contributed by atoms with Crippen LogP contribution in [0.1, 0.15) is 5.56 Å². The van der Waals surface area contributed by atoms with Gasteiger partial charge in [0, 0.05) is 10.8 Å². The summed E-state index contributed by atoms with van der Waals surface area (Å²) in [6.45, 7) is 0. The number of nitrogens with zero attached hydrogens (tertiary/aromatic N) is 1. The molecule has 3 rings (SSSR count). The molecule has 1 heterocycles. The van der Waals surface area contributed by atoms with Crippen molar-refractivity contribution in [3.8, 4) is 0 Å². The fourth-order valence-corrected chi connectivity index (χ4v) is 2.19. The smallest absolute Gasteiger partial charge is 0.142 e. The molecule has 0 fully saturated rings. The Morgan fingerprint density at radius 1 is 1.00 bits per heavy atom. The number of nitrogen functional groups attached to an aromatic ring is 1. The second-order valence-corrected chi connectivity index (χ2v) is 4.31. The lowest BCUT2D eigenvalue weighted by molar-refractivity contribution is -0.104. The number of pyridine rings is 1. The quantitative estimate of drug-likeness (QED) is 0.430. The summed E-state index contributed by atoms with van der Waals surface area (Å²) in [5, 5.41) is 1.86. The number of nitrogens with two attached hydrogens (primary N) is 1. The first kappa shape index (κ1) is 11.4. The standard InChI is InChI=1S/C16H12N2O/c17-16-12-5-1-2-6-14(12)18-15-8-7-11(4-3-9-19)10-13(15)16/h1-10H,(H2,17,18)/b4-3+. The molecule has 92 valence electrons. The van der Waals surface area contributed by atoms with Gasteiger partial charge in [0.2, 0.25) is 0 Å². The fourth-order valence-electron chi connectivity index (χ4n) is 2.19. The van der Waals surface area contributed by atoms with Crippen LogP contribution in [-0.4, -0.2) is 11.3 Å². The molecule has 0 aliphatic rings. The minimum Gasteiger partial charge on any atom is -0.398 e. The van der Waals surface area contributed by atoms with Crippen molar-refractivity contribution in [1.82, 2.24) is 4.98 Å². The summed E-state index contributed by atoms with van der Waals surface area (Å²) in [4.78, 5) is 14.9. The zero-order chi connectivity index (χ0) is 13.2. The molecule has 0 atom stereocenters. The van der Waals surface area contributed by atoms with Gasteiger partial charge < -0.3 is 5.73 Å². The van der Waals surface area contributed by atoms with Crippen LogP contribution in [0, 0.1) is 0 Å². The molecular weight excluding hydrogens is 236 g/mol. The normalized spacial score (nSPS) is 11.4. The van der Waals surface area contributed by atoms with Gasteiger partial charge in [0.25, 0.3) is 0 Å². The van der Waals surface area contributed by atoms with Gasteiger partial charge in [-0.2, -0.15) is 0 Å². The van der Waals surface area contributed by atoms with E-state index in [-0.39, 0.29) is 0 Å². The monoisotopic (exact) mass is 248 g/mol. The van der Waals surface area contributed by atoms with E-state index in [9.17, 15) is 4.79 Å². The van der Waals surface area contributed by atoms with Gasteiger partial charge in [0.15, 0.2) is 0 Å². The Morgan fingerprint density at radius 3 is 2.63 bits per heavy atom. The van der Waals surface area contributed by atoms with Crippen LogP contribution < -0.4 is 5.73 Å². The van der Waals surface area contributed by atoms with Gasteiger partial charge in [-0.15, -0.1) is 0 Å². The lowest BCUT2D eigenvalue weighted by Gasteiger charge is -2.07. The highest BCUT2D eigenvalue weighted by molar-refractivity contribution is 6.06. The Labute approximate surface area is 110 Å². The number of hydrogen-bond acceptors (Lipinski definition) is 3. The van der Waals surface area contributed by atoms with Gasteiger partial charge in [-0.25, -0.2) is 4.98 Å². The summed E-state index contributed by atoms with van der Waals surface area (Å²) in [6.07, 6.45) is 3.97. The topological polar surface area (TPSA) is 56.0 Å². The molecule has 0 bridgehead atoms. The number of fused-ring (bicyclic) bond motifs is 2. The molecule has 0 radical (unpaired) electrons. The fraction of sp³-hybridized carbons (Fsp3) is 0. The molecule has 0 unspecified atom stereocenters. The summed E-state index contributed by atoms with van der Waals surface area (Å²) < 4.78 is 0. The van der Waals surface area contributed by atoms with Gasteiger partial charge in [-0.1, -0.05) is 30.3 Å². The minimum atomic E-state index is 0.724. The van der Waals surface area contributed by atoms with E-state index in [0.29, 0.717) is 0 Å². The first-order valence-corrected chi connectivity index (χ1v) is 5.99. The number of carbonyl (C=O) groups excluding carboxylic acids is 1. The van der Waals surface area contributed by atoms with Crippen molar-refractivity contribution in [1.29, 1.82) is 0 Å². The number of rotatable bonds is 2. The number of anilines is 1. The Bertz CT molecular complexity index is 806. The second-order valence-electron chi connectivity index (χ2n) is 4.31. The Morgan fingerprint density at radius 2 is 1.79 bits per heavy atom. The van der Waals surface area contributed by atoms with Gasteiger partial charge >= 0.3 is 0 Å². The molecule has 0 saturated heterocycles. The number of carbonyl (C=O) groups is 1. The number of allylic oxidation sites excluding steroid dienone is 1. The molecule has 0 amide bonds. The van der Waals surface area contributed by atoms with Gasteiger partial charge in [-0.05, 0) is 29.8 Å². The summed E-state index contributed by atoms with van der Waals surface area (Å²) >= 11 is 0. The van der Waals surface area contributed by atoms with Gasteiger partial charge in [0.1, 0.15) is 6.29 Å². The van der Waals surface area contributed by atoms with Crippen LogP contribution in [0.4, 0.5) is 5.69 Å².